The molecule has 4 atom stereocenters. The van der Waals surface area contributed by atoms with Crippen molar-refractivity contribution >= 4 is 17.7 Å². The van der Waals surface area contributed by atoms with Crippen LogP contribution in [0.25, 0.3) is 0 Å². The molecule has 0 aromatic carbocycles. The minimum Gasteiger partial charge on any atom is -0.364 e. The van der Waals surface area contributed by atoms with E-state index in [1.165, 1.54) is 25.7 Å². The van der Waals surface area contributed by atoms with Crippen molar-refractivity contribution in [3.8, 4) is 0 Å². The van der Waals surface area contributed by atoms with Gasteiger partial charge in [0.1, 0.15) is 6.10 Å². The van der Waals surface area contributed by atoms with Gasteiger partial charge in [-0.3, -0.25) is 10.2 Å². The smallest absolute Gasteiger partial charge is 0.263 e. The van der Waals surface area contributed by atoms with Crippen molar-refractivity contribution in [2.45, 2.75) is 62.9 Å². The van der Waals surface area contributed by atoms with Gasteiger partial charge >= 0.3 is 0 Å². The van der Waals surface area contributed by atoms with Crippen LogP contribution in [0.3, 0.4) is 0 Å². The van der Waals surface area contributed by atoms with Gasteiger partial charge in [-0.2, -0.15) is 11.8 Å². The zero-order valence-electron chi connectivity index (χ0n) is 11.1. The van der Waals surface area contributed by atoms with Gasteiger partial charge in [-0.1, -0.05) is 19.8 Å². The maximum Gasteiger partial charge on any atom is 0.263 e. The summed E-state index contributed by atoms with van der Waals surface area (Å²) in [6.45, 7) is 2.35. The van der Waals surface area contributed by atoms with E-state index in [4.69, 9.17) is 10.6 Å². The van der Waals surface area contributed by atoms with Gasteiger partial charge in [0.05, 0.1) is 6.10 Å². The number of hydrogen-bond acceptors (Lipinski definition) is 4. The van der Waals surface area contributed by atoms with Crippen LogP contribution in [0, 0.1) is 5.92 Å². The van der Waals surface area contributed by atoms with Crippen molar-refractivity contribution in [3.05, 3.63) is 0 Å². The second-order valence-corrected chi connectivity index (χ2v) is 6.89. The quantitative estimate of drug-likeness (QED) is 0.465. The van der Waals surface area contributed by atoms with E-state index in [-0.39, 0.29) is 18.1 Å². The molecule has 0 aromatic rings. The summed E-state index contributed by atoms with van der Waals surface area (Å²) >= 11 is 2.03. The molecule has 4 nitrogen and oxygen atoms in total. The number of thioether (sulfide) groups is 1. The molecule has 0 spiro atoms. The number of rotatable bonds is 4. The van der Waals surface area contributed by atoms with Crippen LogP contribution in [0.15, 0.2) is 0 Å². The maximum absolute atomic E-state index is 11.3. The van der Waals surface area contributed by atoms with E-state index in [1.54, 1.807) is 0 Å². The molecule has 2 rings (SSSR count). The number of ether oxygens (including phenoxy) is 1. The summed E-state index contributed by atoms with van der Waals surface area (Å²) in [4.78, 5) is 11.3. The molecule has 2 fully saturated rings. The molecule has 1 amide bonds. The van der Waals surface area contributed by atoms with Crippen LogP contribution < -0.4 is 11.3 Å². The molecule has 18 heavy (non-hydrogen) atoms. The molecule has 0 aromatic heterocycles. The second-order valence-electron chi connectivity index (χ2n) is 5.56. The van der Waals surface area contributed by atoms with Crippen LogP contribution in [0.5, 0.6) is 0 Å². The Morgan fingerprint density at radius 3 is 2.94 bits per heavy atom. The highest BCUT2D eigenvalue weighted by Crippen LogP contribution is 2.34. The lowest BCUT2D eigenvalue weighted by molar-refractivity contribution is -0.131. The third kappa shape index (κ3) is 3.87. The summed E-state index contributed by atoms with van der Waals surface area (Å²) in [5.41, 5.74) is 2.17. The van der Waals surface area contributed by atoms with Gasteiger partial charge in [-0.15, -0.1) is 0 Å². The highest BCUT2D eigenvalue weighted by atomic mass is 32.2. The summed E-state index contributed by atoms with van der Waals surface area (Å²) in [7, 11) is 0. The van der Waals surface area contributed by atoms with Crippen LogP contribution in [0.1, 0.15) is 45.4 Å². The van der Waals surface area contributed by atoms with E-state index >= 15 is 0 Å². The third-order valence-electron chi connectivity index (χ3n) is 3.95. The first-order chi connectivity index (χ1) is 8.69. The summed E-state index contributed by atoms with van der Waals surface area (Å²) in [5, 5.41) is 0.791. The molecular weight excluding hydrogens is 248 g/mol. The van der Waals surface area contributed by atoms with Gasteiger partial charge in [0.25, 0.3) is 5.91 Å². The van der Waals surface area contributed by atoms with E-state index < -0.39 is 0 Å². The Kier molecular flexibility index (Phi) is 5.33. The van der Waals surface area contributed by atoms with E-state index in [1.807, 2.05) is 11.8 Å². The molecule has 1 saturated heterocycles. The van der Waals surface area contributed by atoms with E-state index in [9.17, 15) is 4.79 Å². The SMILES string of the molecule is CC1CCCC(SCC2CCC(C(=O)NN)O2)C1. The van der Waals surface area contributed by atoms with Crippen molar-refractivity contribution in [2.24, 2.45) is 11.8 Å². The first kappa shape index (κ1) is 14.2. The van der Waals surface area contributed by atoms with Crippen LogP contribution >= 0.6 is 11.8 Å². The van der Waals surface area contributed by atoms with Crippen LogP contribution in [0.4, 0.5) is 0 Å². The standard InChI is InChI=1S/C13H24N2O2S/c1-9-3-2-4-11(7-9)18-8-10-5-6-12(17-10)13(16)15-14/h9-12H,2-8,14H2,1H3,(H,15,16). The predicted octanol–water partition coefficient (Wildman–Crippen LogP) is 1.84. The monoisotopic (exact) mass is 272 g/mol. The number of hydrogen-bond donors (Lipinski definition) is 2. The predicted molar refractivity (Wildman–Crippen MR) is 74.1 cm³/mol. The van der Waals surface area contributed by atoms with E-state index in [2.05, 4.69) is 12.3 Å². The topological polar surface area (TPSA) is 64.4 Å². The van der Waals surface area contributed by atoms with E-state index in [0.29, 0.717) is 0 Å². The average Bonchev–Trinajstić information content (AvgIpc) is 2.84. The normalized spacial score (nSPS) is 36.6. The Bertz CT molecular complexity index is 288. The first-order valence-electron chi connectivity index (χ1n) is 6.96. The van der Waals surface area contributed by atoms with Crippen molar-refractivity contribution in [3.63, 3.8) is 0 Å². The second kappa shape index (κ2) is 6.78. The lowest BCUT2D eigenvalue weighted by Gasteiger charge is -2.27. The summed E-state index contributed by atoms with van der Waals surface area (Å²) < 4.78 is 5.72. The maximum atomic E-state index is 11.3. The molecule has 0 bridgehead atoms. The number of carbonyl (C=O) groups excluding carboxylic acids is 1. The lowest BCUT2D eigenvalue weighted by atomic mass is 9.91. The molecular formula is C13H24N2O2S. The molecule has 1 aliphatic heterocycles. The molecule has 3 N–H and O–H groups in total. The zero-order valence-corrected chi connectivity index (χ0v) is 11.9. The van der Waals surface area contributed by atoms with Crippen molar-refractivity contribution in [1.82, 2.24) is 5.43 Å². The minimum atomic E-state index is -0.328. The lowest BCUT2D eigenvalue weighted by Crippen LogP contribution is -2.39. The zero-order chi connectivity index (χ0) is 13.0. The number of amides is 1. The Balaban J connectivity index is 1.67. The molecule has 0 radical (unpaired) electrons. The van der Waals surface area contributed by atoms with Gasteiger partial charge < -0.3 is 4.74 Å². The molecule has 104 valence electrons. The highest BCUT2D eigenvalue weighted by Gasteiger charge is 2.31. The van der Waals surface area contributed by atoms with Gasteiger partial charge in [0.15, 0.2) is 0 Å². The number of nitrogens with two attached hydrogens (primary N) is 1. The summed E-state index contributed by atoms with van der Waals surface area (Å²) in [5.74, 6) is 6.82. The summed E-state index contributed by atoms with van der Waals surface area (Å²) in [6.07, 6.45) is 7.11. The molecule has 1 saturated carbocycles. The Morgan fingerprint density at radius 1 is 1.39 bits per heavy atom. The number of carbonyl (C=O) groups is 1. The Morgan fingerprint density at radius 2 is 2.22 bits per heavy atom. The number of nitrogens with one attached hydrogen (secondary N) is 1. The molecule has 1 heterocycles. The molecule has 5 heteroatoms. The van der Waals surface area contributed by atoms with E-state index in [0.717, 1.165) is 29.8 Å². The Hall–Kier alpha value is -0.260. The van der Waals surface area contributed by atoms with Crippen LogP contribution in [-0.2, 0) is 9.53 Å². The van der Waals surface area contributed by atoms with Crippen molar-refractivity contribution in [1.29, 1.82) is 0 Å². The van der Waals surface area contributed by atoms with Crippen LogP contribution in [0.2, 0.25) is 0 Å². The first-order valence-corrected chi connectivity index (χ1v) is 8.01. The Labute approximate surface area is 113 Å². The van der Waals surface area contributed by atoms with Crippen molar-refractivity contribution < 1.29 is 9.53 Å². The number of hydrazine groups is 1. The fourth-order valence-corrected chi connectivity index (χ4v) is 4.42. The summed E-state index contributed by atoms with van der Waals surface area (Å²) in [6, 6.07) is 0. The molecule has 2 aliphatic rings. The minimum absolute atomic E-state index is 0.186. The highest BCUT2D eigenvalue weighted by molar-refractivity contribution is 7.99. The van der Waals surface area contributed by atoms with Crippen LogP contribution in [-0.4, -0.2) is 29.1 Å². The molecule has 1 aliphatic carbocycles. The fraction of sp³-hybridized carbons (Fsp3) is 0.923. The molecule has 4 unspecified atom stereocenters. The third-order valence-corrected chi connectivity index (χ3v) is 5.41. The van der Waals surface area contributed by atoms with Gasteiger partial charge in [0.2, 0.25) is 0 Å². The largest absolute Gasteiger partial charge is 0.364 e. The fourth-order valence-electron chi connectivity index (χ4n) is 2.89. The van der Waals surface area contributed by atoms with Gasteiger partial charge in [-0.05, 0) is 31.6 Å². The van der Waals surface area contributed by atoms with Gasteiger partial charge in [0, 0.05) is 11.0 Å². The van der Waals surface area contributed by atoms with Crippen molar-refractivity contribution in [2.75, 3.05) is 5.75 Å². The average molecular weight is 272 g/mol. The van der Waals surface area contributed by atoms with Gasteiger partial charge in [-0.25, -0.2) is 5.84 Å².